The Labute approximate surface area is 194 Å². The Balaban J connectivity index is 1.73. The molecule has 1 aliphatic heterocycles. The molecule has 2 aromatic rings. The van der Waals surface area contributed by atoms with Crippen molar-refractivity contribution in [3.05, 3.63) is 47.4 Å². The number of nitriles is 1. The van der Waals surface area contributed by atoms with Gasteiger partial charge in [0.1, 0.15) is 15.7 Å². The number of hydrogen-bond acceptors (Lipinski definition) is 6. The molecule has 33 heavy (non-hydrogen) atoms. The zero-order valence-electron chi connectivity index (χ0n) is 18.9. The molecule has 1 saturated heterocycles. The Morgan fingerprint density at radius 3 is 2.55 bits per heavy atom. The molecule has 0 saturated carbocycles. The van der Waals surface area contributed by atoms with Crippen LogP contribution in [0, 0.1) is 16.7 Å². The SMILES string of the molecule is CC1(C)CC=C(c2cc(C3(C#N)CCS(=O)(=O)CC3)ccc2NC(=O)c2ncc(N)[nH]2)CC1. The maximum absolute atomic E-state index is 12.7. The number of nitrogens with one attached hydrogen (secondary N) is 2. The number of amides is 1. The fourth-order valence-corrected chi connectivity index (χ4v) is 6.04. The molecule has 4 rings (SSSR count). The highest BCUT2D eigenvalue weighted by molar-refractivity contribution is 7.91. The lowest BCUT2D eigenvalue weighted by molar-refractivity contribution is 0.101. The summed E-state index contributed by atoms with van der Waals surface area (Å²) >= 11 is 0. The monoisotopic (exact) mass is 467 g/mol. The van der Waals surface area contributed by atoms with Crippen molar-refractivity contribution in [1.29, 1.82) is 5.26 Å². The van der Waals surface area contributed by atoms with Crippen molar-refractivity contribution < 1.29 is 13.2 Å². The van der Waals surface area contributed by atoms with E-state index in [2.05, 4.69) is 41.3 Å². The summed E-state index contributed by atoms with van der Waals surface area (Å²) < 4.78 is 24.0. The minimum Gasteiger partial charge on any atom is -0.384 e. The summed E-state index contributed by atoms with van der Waals surface area (Å²) in [5.41, 5.74) is 8.40. The second-order valence-electron chi connectivity index (χ2n) is 9.85. The fraction of sp³-hybridized carbons (Fsp3) is 0.458. The molecule has 0 atom stereocenters. The van der Waals surface area contributed by atoms with Crippen LogP contribution in [0.5, 0.6) is 0 Å². The second-order valence-corrected chi connectivity index (χ2v) is 12.1. The van der Waals surface area contributed by atoms with E-state index in [0.717, 1.165) is 36.0 Å². The van der Waals surface area contributed by atoms with Gasteiger partial charge in [-0.1, -0.05) is 26.0 Å². The first-order valence-corrected chi connectivity index (χ1v) is 12.9. The number of anilines is 2. The Morgan fingerprint density at radius 2 is 1.97 bits per heavy atom. The largest absolute Gasteiger partial charge is 0.384 e. The molecular weight excluding hydrogens is 438 g/mol. The zero-order chi connectivity index (χ0) is 23.9. The van der Waals surface area contributed by atoms with Gasteiger partial charge in [-0.25, -0.2) is 13.4 Å². The predicted molar refractivity (Wildman–Crippen MR) is 128 cm³/mol. The highest BCUT2D eigenvalue weighted by Gasteiger charge is 2.39. The van der Waals surface area contributed by atoms with E-state index in [1.807, 2.05) is 12.1 Å². The summed E-state index contributed by atoms with van der Waals surface area (Å²) in [6.07, 6.45) is 6.90. The fourth-order valence-electron chi connectivity index (χ4n) is 4.52. The van der Waals surface area contributed by atoms with Gasteiger partial charge in [0.2, 0.25) is 0 Å². The highest BCUT2D eigenvalue weighted by atomic mass is 32.2. The van der Waals surface area contributed by atoms with Crippen LogP contribution in [0.4, 0.5) is 11.5 Å². The predicted octanol–water partition coefficient (Wildman–Crippen LogP) is 3.81. The van der Waals surface area contributed by atoms with E-state index in [1.165, 1.54) is 6.20 Å². The summed E-state index contributed by atoms with van der Waals surface area (Å²) in [7, 11) is -3.11. The Morgan fingerprint density at radius 1 is 1.24 bits per heavy atom. The van der Waals surface area contributed by atoms with E-state index in [9.17, 15) is 18.5 Å². The Kier molecular flexibility index (Phi) is 5.83. The van der Waals surface area contributed by atoms with Crippen LogP contribution < -0.4 is 11.1 Å². The Hall–Kier alpha value is -3.12. The average molecular weight is 468 g/mol. The minimum absolute atomic E-state index is 0.00514. The van der Waals surface area contributed by atoms with Crippen molar-refractivity contribution in [3.8, 4) is 6.07 Å². The topological polar surface area (TPSA) is 142 Å². The van der Waals surface area contributed by atoms with Crippen LogP contribution in [0.15, 0.2) is 30.5 Å². The van der Waals surface area contributed by atoms with Gasteiger partial charge in [-0.15, -0.1) is 0 Å². The Bertz CT molecular complexity index is 1250. The number of aromatic amines is 1. The van der Waals surface area contributed by atoms with Crippen molar-refractivity contribution in [1.82, 2.24) is 9.97 Å². The third-order valence-corrected chi connectivity index (χ3v) is 8.49. The minimum atomic E-state index is -3.11. The van der Waals surface area contributed by atoms with Crippen LogP contribution in [0.1, 0.15) is 67.7 Å². The number of sulfone groups is 1. The number of allylic oxidation sites excluding steroid dienone is 2. The van der Waals surface area contributed by atoms with Gasteiger partial charge in [0, 0.05) is 11.3 Å². The van der Waals surface area contributed by atoms with Crippen LogP contribution in [0.3, 0.4) is 0 Å². The molecule has 8 nitrogen and oxygen atoms in total. The van der Waals surface area contributed by atoms with E-state index in [0.29, 0.717) is 11.5 Å². The smallest absolute Gasteiger partial charge is 0.291 e. The van der Waals surface area contributed by atoms with Crippen molar-refractivity contribution in [3.63, 3.8) is 0 Å². The molecule has 174 valence electrons. The molecule has 0 spiro atoms. The van der Waals surface area contributed by atoms with E-state index in [1.54, 1.807) is 6.07 Å². The number of H-pyrrole nitrogens is 1. The maximum atomic E-state index is 12.7. The van der Waals surface area contributed by atoms with Crippen molar-refractivity contribution in [2.75, 3.05) is 22.6 Å². The normalized spacial score (nSPS) is 20.9. The number of imidazole rings is 1. The number of carbonyl (C=O) groups excluding carboxylic acids is 1. The lowest BCUT2D eigenvalue weighted by atomic mass is 9.74. The molecule has 1 fully saturated rings. The number of aromatic nitrogens is 2. The molecule has 1 aromatic carbocycles. The first-order chi connectivity index (χ1) is 15.5. The molecule has 0 bridgehead atoms. The average Bonchev–Trinajstić information content (AvgIpc) is 3.21. The summed E-state index contributed by atoms with van der Waals surface area (Å²) in [6.45, 7) is 4.46. The first-order valence-electron chi connectivity index (χ1n) is 11.1. The van der Waals surface area contributed by atoms with Crippen molar-refractivity contribution in [2.24, 2.45) is 5.41 Å². The number of hydrogen-bond donors (Lipinski definition) is 3. The summed E-state index contributed by atoms with van der Waals surface area (Å²) in [4.78, 5) is 19.5. The van der Waals surface area contributed by atoms with Gasteiger partial charge in [0.05, 0.1) is 29.2 Å². The number of benzene rings is 1. The molecule has 1 aliphatic carbocycles. The van der Waals surface area contributed by atoms with Crippen LogP contribution in [-0.4, -0.2) is 35.8 Å². The van der Waals surface area contributed by atoms with E-state index in [-0.39, 0.29) is 35.6 Å². The number of carbonyl (C=O) groups is 1. The quantitative estimate of drug-likeness (QED) is 0.624. The molecule has 4 N–H and O–H groups in total. The standard InChI is InChI=1S/C24H29N5O3S/c1-23(2)7-5-16(6-8-23)18-13-17(24(15-25)9-11-33(31,32)12-10-24)3-4-19(18)28-22(30)21-27-14-20(26)29-21/h3-5,13-14H,6-12,26H2,1-2H3,(H,27,29)(H,28,30). The van der Waals surface area contributed by atoms with Crippen LogP contribution >= 0.6 is 0 Å². The second kappa shape index (κ2) is 8.34. The molecule has 2 heterocycles. The highest BCUT2D eigenvalue weighted by Crippen LogP contribution is 2.43. The van der Waals surface area contributed by atoms with Gasteiger partial charge in [0.25, 0.3) is 5.91 Å². The van der Waals surface area contributed by atoms with Crippen molar-refractivity contribution >= 4 is 32.8 Å². The molecule has 2 aliphatic rings. The van der Waals surface area contributed by atoms with Gasteiger partial charge in [0.15, 0.2) is 5.82 Å². The molecule has 0 unspecified atom stereocenters. The lowest BCUT2D eigenvalue weighted by Crippen LogP contribution is -2.36. The summed E-state index contributed by atoms with van der Waals surface area (Å²) in [5, 5.41) is 13.0. The third-order valence-electron chi connectivity index (χ3n) is 6.84. The molecular formula is C24H29N5O3S. The maximum Gasteiger partial charge on any atom is 0.291 e. The number of nitrogen functional groups attached to an aromatic ring is 1. The van der Waals surface area contributed by atoms with Crippen LogP contribution in [-0.2, 0) is 15.3 Å². The molecule has 0 radical (unpaired) electrons. The van der Waals surface area contributed by atoms with Gasteiger partial charge < -0.3 is 16.0 Å². The van der Waals surface area contributed by atoms with Crippen LogP contribution in [0.2, 0.25) is 0 Å². The number of nitrogens with two attached hydrogens (primary N) is 1. The summed E-state index contributed by atoms with van der Waals surface area (Å²) in [5.74, 6) is 0.0238. The molecule has 1 amide bonds. The molecule has 1 aromatic heterocycles. The van der Waals surface area contributed by atoms with Gasteiger partial charge in [-0.2, -0.15) is 5.26 Å². The molecule has 9 heteroatoms. The number of rotatable bonds is 4. The zero-order valence-corrected chi connectivity index (χ0v) is 19.8. The van der Waals surface area contributed by atoms with Gasteiger partial charge >= 0.3 is 0 Å². The first kappa shape index (κ1) is 23.1. The van der Waals surface area contributed by atoms with Gasteiger partial charge in [-0.05, 0) is 60.8 Å². The number of nitrogens with zero attached hydrogens (tertiary/aromatic N) is 2. The third kappa shape index (κ3) is 4.81. The van der Waals surface area contributed by atoms with E-state index >= 15 is 0 Å². The van der Waals surface area contributed by atoms with E-state index in [4.69, 9.17) is 5.73 Å². The van der Waals surface area contributed by atoms with Crippen molar-refractivity contribution in [2.45, 2.75) is 51.4 Å². The van der Waals surface area contributed by atoms with E-state index < -0.39 is 21.2 Å². The lowest BCUT2D eigenvalue weighted by Gasteiger charge is -2.33. The van der Waals surface area contributed by atoms with Crippen LogP contribution in [0.25, 0.3) is 5.57 Å². The van der Waals surface area contributed by atoms with Gasteiger partial charge in [-0.3, -0.25) is 4.79 Å². The summed E-state index contributed by atoms with van der Waals surface area (Å²) in [6, 6.07) is 7.99.